The average molecular weight is 247 g/mol. The molecule has 0 aromatic rings. The number of nitrogens with one attached hydrogen (secondary N) is 1. The molecule has 0 bridgehead atoms. The summed E-state index contributed by atoms with van der Waals surface area (Å²) < 4.78 is 12.0. The summed E-state index contributed by atoms with van der Waals surface area (Å²) in [7, 11) is 2.87. The van der Waals surface area contributed by atoms with Gasteiger partial charge in [0.25, 0.3) is 0 Å². The highest BCUT2D eigenvalue weighted by Gasteiger charge is 2.44. The fourth-order valence-electron chi connectivity index (χ4n) is 1.70. The van der Waals surface area contributed by atoms with Gasteiger partial charge in [0.15, 0.2) is 0 Å². The van der Waals surface area contributed by atoms with Gasteiger partial charge in [0.1, 0.15) is 10.9 Å². The fourth-order valence-corrected chi connectivity index (χ4v) is 2.40. The highest BCUT2D eigenvalue weighted by molar-refractivity contribution is 6.15. The Kier molecular flexibility index (Phi) is 7.47. The Morgan fingerprint density at radius 2 is 1.56 bits per heavy atom. The van der Waals surface area contributed by atoms with Crippen LogP contribution in [0.3, 0.4) is 0 Å². The van der Waals surface area contributed by atoms with Crippen molar-refractivity contribution in [2.24, 2.45) is 0 Å². The van der Waals surface area contributed by atoms with Crippen molar-refractivity contribution >= 4 is 10.2 Å². The number of hydrogen-bond donors (Lipinski definition) is 1. The van der Waals surface area contributed by atoms with Gasteiger partial charge in [0.05, 0.1) is 10.2 Å². The highest BCUT2D eigenvalue weighted by Crippen LogP contribution is 2.28. The van der Waals surface area contributed by atoms with Crippen LogP contribution in [0.4, 0.5) is 0 Å². The molecule has 0 aliphatic rings. The SMILES string of the molecule is CCCOC(C)(CC)C([SiH3])(NC)OCCC. The van der Waals surface area contributed by atoms with Crippen LogP contribution in [0.5, 0.6) is 0 Å². The molecule has 2 unspecified atom stereocenters. The third-order valence-electron chi connectivity index (χ3n) is 3.38. The summed E-state index contributed by atoms with van der Waals surface area (Å²) in [5.41, 5.74) is -0.223. The summed E-state index contributed by atoms with van der Waals surface area (Å²) in [6.45, 7) is 10.2. The van der Waals surface area contributed by atoms with Crippen LogP contribution in [0.25, 0.3) is 0 Å². The van der Waals surface area contributed by atoms with Crippen molar-refractivity contribution in [3.8, 4) is 0 Å². The van der Waals surface area contributed by atoms with E-state index >= 15 is 0 Å². The van der Waals surface area contributed by atoms with E-state index in [9.17, 15) is 0 Å². The molecular weight excluding hydrogens is 218 g/mol. The fraction of sp³-hybridized carbons (Fsp3) is 1.00. The van der Waals surface area contributed by atoms with Gasteiger partial charge in [-0.2, -0.15) is 0 Å². The van der Waals surface area contributed by atoms with Gasteiger partial charge in [0.2, 0.25) is 0 Å². The smallest absolute Gasteiger partial charge is 0.122 e. The first-order valence-electron chi connectivity index (χ1n) is 6.46. The number of rotatable bonds is 9. The van der Waals surface area contributed by atoms with E-state index in [1.54, 1.807) is 0 Å². The Balaban J connectivity index is 4.68. The maximum absolute atomic E-state index is 6.03. The van der Waals surface area contributed by atoms with Gasteiger partial charge in [-0.05, 0) is 33.2 Å². The topological polar surface area (TPSA) is 30.5 Å². The maximum Gasteiger partial charge on any atom is 0.122 e. The summed E-state index contributed by atoms with van der Waals surface area (Å²) in [4.78, 5) is 0. The molecule has 0 saturated heterocycles. The van der Waals surface area contributed by atoms with Gasteiger partial charge in [-0.25, -0.2) is 0 Å². The molecule has 1 N–H and O–H groups in total. The first kappa shape index (κ1) is 16.1. The zero-order valence-corrected chi connectivity index (χ0v) is 13.9. The first-order chi connectivity index (χ1) is 7.49. The van der Waals surface area contributed by atoms with Crippen LogP contribution >= 0.6 is 0 Å². The van der Waals surface area contributed by atoms with Gasteiger partial charge < -0.3 is 9.47 Å². The Bertz CT molecular complexity index is 172. The molecular formula is C12H29NO2Si. The summed E-state index contributed by atoms with van der Waals surface area (Å²) in [5.74, 6) is 0. The van der Waals surface area contributed by atoms with Crippen molar-refractivity contribution in [1.82, 2.24) is 5.32 Å². The van der Waals surface area contributed by atoms with Crippen molar-refractivity contribution in [2.45, 2.75) is 57.9 Å². The van der Waals surface area contributed by atoms with E-state index in [0.717, 1.165) is 42.7 Å². The van der Waals surface area contributed by atoms with Crippen molar-refractivity contribution < 1.29 is 9.47 Å². The van der Waals surface area contributed by atoms with Crippen LogP contribution < -0.4 is 5.32 Å². The largest absolute Gasteiger partial charge is 0.371 e. The minimum Gasteiger partial charge on any atom is -0.371 e. The number of hydrogen-bond acceptors (Lipinski definition) is 3. The lowest BCUT2D eigenvalue weighted by Gasteiger charge is -2.45. The summed E-state index contributed by atoms with van der Waals surface area (Å²) in [6, 6.07) is 0. The molecule has 0 spiro atoms. The molecule has 0 aliphatic heterocycles. The standard InChI is InChI=1S/C12H29NO2Si/c1-6-9-14-11(4,8-3)12(16,13-5)15-10-7-2/h13H,6-10H2,1-5,16H3. The van der Waals surface area contributed by atoms with E-state index in [2.05, 4.69) is 33.0 Å². The Morgan fingerprint density at radius 3 is 1.94 bits per heavy atom. The van der Waals surface area contributed by atoms with Crippen LogP contribution in [0, 0.1) is 0 Å². The molecule has 0 radical (unpaired) electrons. The van der Waals surface area contributed by atoms with E-state index in [-0.39, 0.29) is 10.9 Å². The predicted molar refractivity (Wildman–Crippen MR) is 72.9 cm³/mol. The minimum absolute atomic E-state index is 0.223. The number of likely N-dealkylation sites (N-methyl/N-ethyl adjacent to an activating group) is 1. The van der Waals surface area contributed by atoms with Gasteiger partial charge >= 0.3 is 0 Å². The second-order valence-corrected chi connectivity index (χ2v) is 5.97. The normalized spacial score (nSPS) is 19.3. The summed E-state index contributed by atoms with van der Waals surface area (Å²) >= 11 is 0. The van der Waals surface area contributed by atoms with Crippen molar-refractivity contribution in [3.63, 3.8) is 0 Å². The summed E-state index contributed by atoms with van der Waals surface area (Å²) in [5, 5.41) is 3.04. The third-order valence-corrected chi connectivity index (χ3v) is 5.23. The van der Waals surface area contributed by atoms with E-state index in [4.69, 9.17) is 9.47 Å². The van der Waals surface area contributed by atoms with Gasteiger partial charge in [-0.3, -0.25) is 5.32 Å². The number of ether oxygens (including phenoxy) is 2. The van der Waals surface area contributed by atoms with E-state index < -0.39 is 0 Å². The Labute approximate surface area is 104 Å². The van der Waals surface area contributed by atoms with Crippen LogP contribution in [0.2, 0.25) is 0 Å². The van der Waals surface area contributed by atoms with Gasteiger partial charge in [-0.15, -0.1) is 0 Å². The van der Waals surface area contributed by atoms with E-state index in [1.165, 1.54) is 0 Å². The van der Waals surface area contributed by atoms with Crippen molar-refractivity contribution in [1.29, 1.82) is 0 Å². The Morgan fingerprint density at radius 1 is 1.06 bits per heavy atom. The molecule has 0 aliphatic carbocycles. The molecule has 98 valence electrons. The van der Waals surface area contributed by atoms with Crippen molar-refractivity contribution in [2.75, 3.05) is 20.3 Å². The van der Waals surface area contributed by atoms with E-state index in [1.807, 2.05) is 7.05 Å². The molecule has 3 nitrogen and oxygen atoms in total. The van der Waals surface area contributed by atoms with Crippen LogP contribution in [0.15, 0.2) is 0 Å². The molecule has 0 heterocycles. The second-order valence-electron chi connectivity index (χ2n) is 4.56. The predicted octanol–water partition coefficient (Wildman–Crippen LogP) is 1.25. The molecule has 2 atom stereocenters. The van der Waals surface area contributed by atoms with E-state index in [0.29, 0.717) is 0 Å². The molecule has 0 aromatic carbocycles. The van der Waals surface area contributed by atoms with Crippen molar-refractivity contribution in [3.05, 3.63) is 0 Å². The second kappa shape index (κ2) is 7.43. The van der Waals surface area contributed by atoms with Gasteiger partial charge in [0, 0.05) is 13.2 Å². The molecule has 4 heteroatoms. The molecule has 16 heavy (non-hydrogen) atoms. The quantitative estimate of drug-likeness (QED) is 0.491. The molecule has 0 aromatic heterocycles. The van der Waals surface area contributed by atoms with Gasteiger partial charge in [-0.1, -0.05) is 20.8 Å². The first-order valence-corrected chi connectivity index (χ1v) is 7.46. The average Bonchev–Trinajstić information content (AvgIpc) is 2.32. The lowest BCUT2D eigenvalue weighted by atomic mass is 10.00. The monoisotopic (exact) mass is 247 g/mol. The van der Waals surface area contributed by atoms with Crippen LogP contribution in [0.1, 0.15) is 47.0 Å². The van der Waals surface area contributed by atoms with Crippen LogP contribution in [-0.4, -0.2) is 41.5 Å². The van der Waals surface area contributed by atoms with Crippen LogP contribution in [-0.2, 0) is 9.47 Å². The highest BCUT2D eigenvalue weighted by atomic mass is 28.1. The third kappa shape index (κ3) is 3.84. The zero-order valence-electron chi connectivity index (χ0n) is 11.9. The lowest BCUT2D eigenvalue weighted by molar-refractivity contribution is -0.173. The zero-order chi connectivity index (χ0) is 12.7. The minimum atomic E-state index is -0.285. The molecule has 0 rings (SSSR count). The molecule has 0 saturated carbocycles. The molecule has 0 fully saturated rings. The lowest BCUT2D eigenvalue weighted by Crippen LogP contribution is -2.64. The Hall–Kier alpha value is 0.0969. The summed E-state index contributed by atoms with van der Waals surface area (Å²) in [6.07, 6.45) is 3.05. The molecule has 0 amide bonds. The maximum atomic E-state index is 6.03.